The first kappa shape index (κ1) is 9.49. The van der Waals surface area contributed by atoms with E-state index < -0.39 is 0 Å². The van der Waals surface area contributed by atoms with Crippen LogP contribution < -0.4 is 5.48 Å². The van der Waals surface area contributed by atoms with Crippen molar-refractivity contribution in [1.82, 2.24) is 5.48 Å². The molecule has 2 N–H and O–H groups in total. The lowest BCUT2D eigenvalue weighted by molar-refractivity contribution is 0.0861. The minimum Gasteiger partial charge on any atom is -0.508 e. The minimum atomic E-state index is 0.371. The van der Waals surface area contributed by atoms with Crippen molar-refractivity contribution in [3.63, 3.8) is 0 Å². The van der Waals surface area contributed by atoms with Crippen molar-refractivity contribution in [1.29, 1.82) is 0 Å². The number of phenols is 1. The highest BCUT2D eigenvalue weighted by Crippen LogP contribution is 2.28. The topological polar surface area (TPSA) is 41.5 Å². The molecule has 3 nitrogen and oxygen atoms in total. The van der Waals surface area contributed by atoms with Gasteiger partial charge in [-0.3, -0.25) is 0 Å². The van der Waals surface area contributed by atoms with E-state index in [0.29, 0.717) is 12.3 Å². The third kappa shape index (κ3) is 1.74. The summed E-state index contributed by atoms with van der Waals surface area (Å²) >= 11 is 0. The van der Waals surface area contributed by atoms with Crippen LogP contribution in [0.15, 0.2) is 12.1 Å². The normalized spacial score (nSPS) is 14.4. The first-order chi connectivity index (χ1) is 6.81. The molecule has 0 unspecified atom stereocenters. The van der Waals surface area contributed by atoms with Gasteiger partial charge in [0.25, 0.3) is 0 Å². The quantitative estimate of drug-likeness (QED) is 0.715. The number of aromatic hydroxyl groups is 1. The van der Waals surface area contributed by atoms with E-state index in [0.717, 1.165) is 18.4 Å². The predicted octanol–water partition coefficient (Wildman–Crippen LogP) is 1.53. The maximum atomic E-state index is 9.71. The van der Waals surface area contributed by atoms with Gasteiger partial charge in [-0.1, -0.05) is 6.07 Å². The Morgan fingerprint density at radius 1 is 1.36 bits per heavy atom. The molecule has 1 aliphatic rings. The van der Waals surface area contributed by atoms with Gasteiger partial charge in [0, 0.05) is 12.1 Å². The number of hydrogen-bond donors (Lipinski definition) is 2. The van der Waals surface area contributed by atoms with Crippen LogP contribution in [0.2, 0.25) is 0 Å². The molecule has 3 heteroatoms. The third-order valence-electron chi connectivity index (χ3n) is 2.70. The average Bonchev–Trinajstić information content (AvgIpc) is 2.61. The zero-order valence-corrected chi connectivity index (χ0v) is 8.34. The van der Waals surface area contributed by atoms with Gasteiger partial charge >= 0.3 is 0 Å². The largest absolute Gasteiger partial charge is 0.508 e. The van der Waals surface area contributed by atoms with E-state index in [1.165, 1.54) is 17.5 Å². The van der Waals surface area contributed by atoms with Crippen molar-refractivity contribution in [2.24, 2.45) is 0 Å². The smallest absolute Gasteiger partial charge is 0.120 e. The van der Waals surface area contributed by atoms with Crippen LogP contribution in [-0.2, 0) is 24.2 Å². The molecule has 0 bridgehead atoms. The number of benzene rings is 1. The molecule has 1 aromatic rings. The molecular formula is C11H15NO2. The summed E-state index contributed by atoms with van der Waals surface area (Å²) in [6.07, 6.45) is 3.44. The molecule has 2 rings (SSSR count). The van der Waals surface area contributed by atoms with Gasteiger partial charge in [-0.2, -0.15) is 5.48 Å². The minimum absolute atomic E-state index is 0.371. The summed E-state index contributed by atoms with van der Waals surface area (Å²) in [6.45, 7) is 0.551. The van der Waals surface area contributed by atoms with E-state index in [1.807, 2.05) is 6.07 Å². The Hall–Kier alpha value is -1.06. The Kier molecular flexibility index (Phi) is 2.70. The van der Waals surface area contributed by atoms with Gasteiger partial charge in [0.1, 0.15) is 5.75 Å². The lowest BCUT2D eigenvalue weighted by Crippen LogP contribution is -2.11. The van der Waals surface area contributed by atoms with Crippen LogP contribution in [0.4, 0.5) is 0 Å². The molecule has 0 radical (unpaired) electrons. The van der Waals surface area contributed by atoms with Crippen molar-refractivity contribution < 1.29 is 9.94 Å². The lowest BCUT2D eigenvalue weighted by Gasteiger charge is -2.08. The summed E-state index contributed by atoms with van der Waals surface area (Å²) in [7, 11) is 1.57. The van der Waals surface area contributed by atoms with Gasteiger partial charge in [-0.25, -0.2) is 0 Å². The van der Waals surface area contributed by atoms with E-state index in [2.05, 4.69) is 11.5 Å². The molecule has 0 fully saturated rings. The molecule has 0 amide bonds. The average molecular weight is 193 g/mol. The molecule has 0 spiro atoms. The summed E-state index contributed by atoms with van der Waals surface area (Å²) in [4.78, 5) is 4.76. The number of hydroxylamine groups is 1. The Morgan fingerprint density at radius 3 is 2.79 bits per heavy atom. The number of nitrogens with one attached hydrogen (secondary N) is 1. The number of rotatable bonds is 3. The highest BCUT2D eigenvalue weighted by molar-refractivity contribution is 5.43. The highest BCUT2D eigenvalue weighted by atomic mass is 16.6. The number of hydrogen-bond acceptors (Lipinski definition) is 3. The molecular weight excluding hydrogens is 178 g/mol. The Morgan fingerprint density at radius 2 is 2.07 bits per heavy atom. The fourth-order valence-electron chi connectivity index (χ4n) is 1.95. The van der Waals surface area contributed by atoms with Gasteiger partial charge in [-0.15, -0.1) is 0 Å². The van der Waals surface area contributed by atoms with Crippen LogP contribution in [0.3, 0.4) is 0 Å². The molecule has 14 heavy (non-hydrogen) atoms. The first-order valence-corrected chi connectivity index (χ1v) is 4.90. The van der Waals surface area contributed by atoms with Crippen LogP contribution in [0.1, 0.15) is 23.1 Å². The molecule has 1 aliphatic carbocycles. The predicted molar refractivity (Wildman–Crippen MR) is 54.0 cm³/mol. The van der Waals surface area contributed by atoms with Gasteiger partial charge in [-0.05, 0) is 36.5 Å². The summed E-state index contributed by atoms with van der Waals surface area (Å²) in [5, 5.41) is 9.71. The highest BCUT2D eigenvalue weighted by Gasteiger charge is 2.13. The van der Waals surface area contributed by atoms with Gasteiger partial charge < -0.3 is 9.94 Å². The third-order valence-corrected chi connectivity index (χ3v) is 2.70. The van der Waals surface area contributed by atoms with Crippen LogP contribution in [0, 0.1) is 0 Å². The fourth-order valence-corrected chi connectivity index (χ4v) is 1.95. The second-order valence-corrected chi connectivity index (χ2v) is 3.63. The molecule has 0 saturated carbocycles. The summed E-state index contributed by atoms with van der Waals surface area (Å²) in [5.41, 5.74) is 6.31. The van der Waals surface area contributed by atoms with Crippen LogP contribution >= 0.6 is 0 Å². The second-order valence-electron chi connectivity index (χ2n) is 3.63. The summed E-state index contributed by atoms with van der Waals surface area (Å²) in [5.74, 6) is 0.371. The Labute approximate surface area is 83.7 Å². The zero-order valence-electron chi connectivity index (χ0n) is 8.34. The van der Waals surface area contributed by atoms with E-state index >= 15 is 0 Å². The van der Waals surface area contributed by atoms with Gasteiger partial charge in [0.05, 0.1) is 7.11 Å². The van der Waals surface area contributed by atoms with Crippen molar-refractivity contribution >= 4 is 0 Å². The van der Waals surface area contributed by atoms with Crippen molar-refractivity contribution in [2.75, 3.05) is 7.11 Å². The van der Waals surface area contributed by atoms with Crippen molar-refractivity contribution in [3.8, 4) is 5.75 Å². The summed E-state index contributed by atoms with van der Waals surface area (Å²) in [6, 6.07) is 3.96. The maximum Gasteiger partial charge on any atom is 0.120 e. The van der Waals surface area contributed by atoms with Crippen molar-refractivity contribution in [3.05, 3.63) is 28.8 Å². The standard InChI is InChI=1S/C11H15NO2/c1-14-12-7-10-5-8-3-2-4-9(8)6-11(10)13/h5-6,12-13H,2-4,7H2,1H3. The van der Waals surface area contributed by atoms with Crippen LogP contribution in [0.5, 0.6) is 5.75 Å². The number of aryl methyl sites for hydroxylation is 2. The van der Waals surface area contributed by atoms with E-state index in [-0.39, 0.29) is 0 Å². The molecule has 0 atom stereocenters. The molecule has 0 heterocycles. The molecule has 0 aliphatic heterocycles. The Bertz CT molecular complexity index is 336. The maximum absolute atomic E-state index is 9.71. The van der Waals surface area contributed by atoms with E-state index in [1.54, 1.807) is 7.11 Å². The molecule has 1 aromatic carbocycles. The first-order valence-electron chi connectivity index (χ1n) is 4.90. The lowest BCUT2D eigenvalue weighted by atomic mass is 10.1. The van der Waals surface area contributed by atoms with E-state index in [4.69, 9.17) is 4.84 Å². The molecule has 0 saturated heterocycles. The molecule has 76 valence electrons. The Balaban J connectivity index is 2.23. The summed E-state index contributed by atoms with van der Waals surface area (Å²) < 4.78 is 0. The van der Waals surface area contributed by atoms with Crippen LogP contribution in [-0.4, -0.2) is 12.2 Å². The van der Waals surface area contributed by atoms with Gasteiger partial charge in [0.2, 0.25) is 0 Å². The van der Waals surface area contributed by atoms with E-state index in [9.17, 15) is 5.11 Å². The SMILES string of the molecule is CONCc1cc2c(cc1O)CCC2. The second kappa shape index (κ2) is 3.98. The van der Waals surface area contributed by atoms with Crippen LogP contribution in [0.25, 0.3) is 0 Å². The zero-order chi connectivity index (χ0) is 9.97. The fraction of sp³-hybridized carbons (Fsp3) is 0.455. The van der Waals surface area contributed by atoms with Crippen molar-refractivity contribution in [2.45, 2.75) is 25.8 Å². The monoisotopic (exact) mass is 193 g/mol. The number of fused-ring (bicyclic) bond motifs is 1. The van der Waals surface area contributed by atoms with Gasteiger partial charge in [0.15, 0.2) is 0 Å². The number of phenolic OH excluding ortho intramolecular Hbond substituents is 1. The molecule has 0 aromatic heterocycles.